The van der Waals surface area contributed by atoms with Gasteiger partial charge >= 0.3 is 5.97 Å². The highest BCUT2D eigenvalue weighted by Gasteiger charge is 2.19. The quantitative estimate of drug-likeness (QED) is 0.831. The smallest absolute Gasteiger partial charge is 0.313 e. The molecule has 21 heavy (non-hydrogen) atoms. The third kappa shape index (κ3) is 3.44. The van der Waals surface area contributed by atoms with Gasteiger partial charge in [0.1, 0.15) is 5.82 Å². The summed E-state index contributed by atoms with van der Waals surface area (Å²) in [6, 6.07) is 6.38. The average molecular weight is 308 g/mol. The maximum atomic E-state index is 14.0. The Morgan fingerprint density at radius 2 is 2.19 bits per heavy atom. The number of benzene rings is 1. The van der Waals surface area contributed by atoms with Crippen molar-refractivity contribution < 1.29 is 14.3 Å². The molecular weight excluding hydrogens is 291 g/mol. The number of halogens is 1. The highest BCUT2D eigenvalue weighted by Crippen LogP contribution is 2.28. The summed E-state index contributed by atoms with van der Waals surface area (Å²) in [6.45, 7) is 3.89. The fraction of sp³-hybridized carbons (Fsp3) is 0.333. The Bertz CT molecular complexity index is 642. The van der Waals surface area contributed by atoms with Crippen LogP contribution in [0.4, 0.5) is 4.39 Å². The van der Waals surface area contributed by atoms with E-state index < -0.39 is 5.97 Å². The number of thioether (sulfide) groups is 1. The van der Waals surface area contributed by atoms with E-state index in [1.807, 2.05) is 18.4 Å². The lowest BCUT2D eigenvalue weighted by Crippen LogP contribution is -2.13. The SMILES string of the molecule is CCc1cnc(SCC(=O)O)n1C(C)c1ccccc1F. The van der Waals surface area contributed by atoms with Gasteiger partial charge in [0.15, 0.2) is 5.16 Å². The van der Waals surface area contributed by atoms with E-state index in [0.29, 0.717) is 10.7 Å². The van der Waals surface area contributed by atoms with E-state index >= 15 is 0 Å². The van der Waals surface area contributed by atoms with Crippen LogP contribution in [0.25, 0.3) is 0 Å². The van der Waals surface area contributed by atoms with Gasteiger partial charge < -0.3 is 9.67 Å². The Balaban J connectivity index is 2.39. The minimum atomic E-state index is -0.897. The molecule has 2 rings (SSSR count). The molecule has 0 aliphatic rings. The Kier molecular flexibility index (Phi) is 5.01. The number of carboxylic acids is 1. The van der Waals surface area contributed by atoms with E-state index in [9.17, 15) is 9.18 Å². The lowest BCUT2D eigenvalue weighted by molar-refractivity contribution is -0.133. The van der Waals surface area contributed by atoms with E-state index in [-0.39, 0.29) is 17.6 Å². The van der Waals surface area contributed by atoms with E-state index in [1.165, 1.54) is 6.07 Å². The molecule has 112 valence electrons. The molecule has 0 aliphatic heterocycles. The van der Waals surface area contributed by atoms with Crippen LogP contribution in [-0.2, 0) is 11.2 Å². The number of carbonyl (C=O) groups is 1. The minimum absolute atomic E-state index is 0.0653. The summed E-state index contributed by atoms with van der Waals surface area (Å²) in [5.74, 6) is -1.23. The number of aliphatic carboxylic acids is 1. The zero-order chi connectivity index (χ0) is 15.4. The molecule has 1 aromatic heterocycles. The van der Waals surface area contributed by atoms with Crippen molar-refractivity contribution in [2.24, 2.45) is 0 Å². The largest absolute Gasteiger partial charge is 0.481 e. The fourth-order valence-corrected chi connectivity index (χ4v) is 3.03. The second-order valence-corrected chi connectivity index (χ2v) is 5.58. The van der Waals surface area contributed by atoms with E-state index in [1.54, 1.807) is 24.4 Å². The maximum absolute atomic E-state index is 14.0. The number of hydrogen-bond acceptors (Lipinski definition) is 3. The summed E-state index contributed by atoms with van der Waals surface area (Å²) >= 11 is 1.15. The van der Waals surface area contributed by atoms with Crippen LogP contribution >= 0.6 is 11.8 Å². The molecular formula is C15H17FN2O2S. The first-order valence-electron chi connectivity index (χ1n) is 6.69. The number of nitrogens with zero attached hydrogens (tertiary/aromatic N) is 2. The molecule has 1 aromatic carbocycles. The average Bonchev–Trinajstić information content (AvgIpc) is 2.87. The van der Waals surface area contributed by atoms with Crippen LogP contribution in [0.1, 0.15) is 31.1 Å². The van der Waals surface area contributed by atoms with Gasteiger partial charge in [-0.3, -0.25) is 4.79 Å². The topological polar surface area (TPSA) is 55.1 Å². The summed E-state index contributed by atoms with van der Waals surface area (Å²) in [4.78, 5) is 15.0. The number of aryl methyl sites for hydroxylation is 1. The molecule has 0 radical (unpaired) electrons. The van der Waals surface area contributed by atoms with Gasteiger partial charge in [0, 0.05) is 17.5 Å². The molecule has 0 saturated carbocycles. The van der Waals surface area contributed by atoms with Gasteiger partial charge in [-0.15, -0.1) is 0 Å². The van der Waals surface area contributed by atoms with Crippen LogP contribution in [0.15, 0.2) is 35.6 Å². The summed E-state index contributed by atoms with van der Waals surface area (Å²) in [6.07, 6.45) is 2.47. The van der Waals surface area contributed by atoms with Gasteiger partial charge in [0.05, 0.1) is 11.8 Å². The van der Waals surface area contributed by atoms with Crippen LogP contribution in [0.5, 0.6) is 0 Å². The second kappa shape index (κ2) is 6.76. The van der Waals surface area contributed by atoms with Crippen molar-refractivity contribution in [3.05, 3.63) is 47.5 Å². The Morgan fingerprint density at radius 3 is 2.81 bits per heavy atom. The Labute approximate surface area is 127 Å². The minimum Gasteiger partial charge on any atom is -0.481 e. The van der Waals surface area contributed by atoms with Gasteiger partial charge in [-0.1, -0.05) is 36.9 Å². The van der Waals surface area contributed by atoms with Crippen LogP contribution in [-0.4, -0.2) is 26.4 Å². The summed E-state index contributed by atoms with van der Waals surface area (Å²) < 4.78 is 15.9. The van der Waals surface area contributed by atoms with Crippen molar-refractivity contribution in [1.29, 1.82) is 0 Å². The normalized spacial score (nSPS) is 12.3. The van der Waals surface area contributed by atoms with Crippen molar-refractivity contribution in [3.8, 4) is 0 Å². The van der Waals surface area contributed by atoms with Crippen molar-refractivity contribution in [3.63, 3.8) is 0 Å². The third-order valence-electron chi connectivity index (χ3n) is 3.27. The van der Waals surface area contributed by atoms with Crippen molar-refractivity contribution in [1.82, 2.24) is 9.55 Å². The second-order valence-electron chi connectivity index (χ2n) is 4.64. The lowest BCUT2D eigenvalue weighted by Gasteiger charge is -2.19. The molecule has 0 aliphatic carbocycles. The molecule has 6 heteroatoms. The zero-order valence-electron chi connectivity index (χ0n) is 11.9. The van der Waals surface area contributed by atoms with Gasteiger partial charge in [-0.25, -0.2) is 9.37 Å². The van der Waals surface area contributed by atoms with Crippen LogP contribution in [0.2, 0.25) is 0 Å². The number of imidazole rings is 1. The summed E-state index contributed by atoms with van der Waals surface area (Å²) in [5, 5.41) is 9.41. The monoisotopic (exact) mass is 308 g/mol. The first-order valence-corrected chi connectivity index (χ1v) is 7.68. The molecule has 0 spiro atoms. The number of hydrogen-bond donors (Lipinski definition) is 1. The van der Waals surface area contributed by atoms with Crippen LogP contribution in [0.3, 0.4) is 0 Å². The first kappa shape index (κ1) is 15.6. The maximum Gasteiger partial charge on any atom is 0.313 e. The highest BCUT2D eigenvalue weighted by molar-refractivity contribution is 7.99. The Morgan fingerprint density at radius 1 is 1.48 bits per heavy atom. The highest BCUT2D eigenvalue weighted by atomic mass is 32.2. The summed E-state index contributed by atoms with van der Waals surface area (Å²) in [7, 11) is 0. The van der Waals surface area contributed by atoms with Crippen molar-refractivity contribution >= 4 is 17.7 Å². The summed E-state index contributed by atoms with van der Waals surface area (Å²) in [5.41, 5.74) is 1.53. The van der Waals surface area contributed by atoms with E-state index in [0.717, 1.165) is 23.9 Å². The molecule has 0 saturated heterocycles. The molecule has 0 amide bonds. The standard InChI is InChI=1S/C15H17FN2O2S/c1-3-11-8-17-15(21-9-14(19)20)18(11)10(2)12-6-4-5-7-13(12)16/h4-8,10H,3,9H2,1-2H3,(H,19,20). The van der Waals surface area contributed by atoms with Gasteiger partial charge in [-0.05, 0) is 19.4 Å². The zero-order valence-corrected chi connectivity index (χ0v) is 12.7. The van der Waals surface area contributed by atoms with Gasteiger partial charge in [-0.2, -0.15) is 0 Å². The van der Waals surface area contributed by atoms with Crippen molar-refractivity contribution in [2.75, 3.05) is 5.75 Å². The number of carboxylic acid groups (broad SMARTS) is 1. The van der Waals surface area contributed by atoms with E-state index in [4.69, 9.17) is 5.11 Å². The predicted molar refractivity (Wildman–Crippen MR) is 80.2 cm³/mol. The number of aromatic nitrogens is 2. The molecule has 1 unspecified atom stereocenters. The third-order valence-corrected chi connectivity index (χ3v) is 4.22. The molecule has 1 N–H and O–H groups in total. The molecule has 4 nitrogen and oxygen atoms in total. The molecule has 1 atom stereocenters. The lowest BCUT2D eigenvalue weighted by atomic mass is 10.1. The molecule has 2 aromatic rings. The predicted octanol–water partition coefficient (Wildman–Crippen LogP) is 3.37. The van der Waals surface area contributed by atoms with Gasteiger partial charge in [0.25, 0.3) is 0 Å². The first-order chi connectivity index (χ1) is 10.0. The number of rotatable bonds is 6. The van der Waals surface area contributed by atoms with Gasteiger partial charge in [0.2, 0.25) is 0 Å². The molecule has 0 fully saturated rings. The van der Waals surface area contributed by atoms with Crippen molar-refractivity contribution in [2.45, 2.75) is 31.5 Å². The molecule has 1 heterocycles. The fourth-order valence-electron chi connectivity index (χ4n) is 2.24. The Hall–Kier alpha value is -1.82. The van der Waals surface area contributed by atoms with Crippen LogP contribution < -0.4 is 0 Å². The van der Waals surface area contributed by atoms with Crippen LogP contribution in [0, 0.1) is 5.82 Å². The van der Waals surface area contributed by atoms with E-state index in [2.05, 4.69) is 4.98 Å². The molecule has 0 bridgehead atoms.